The zero-order valence-corrected chi connectivity index (χ0v) is 19.4. The van der Waals surface area contributed by atoms with Crippen LogP contribution in [0.5, 0.6) is 11.5 Å². The molecule has 1 aromatic heterocycles. The van der Waals surface area contributed by atoms with Crippen LogP contribution in [0.2, 0.25) is 0 Å². The van der Waals surface area contributed by atoms with E-state index in [9.17, 15) is 9.90 Å². The third-order valence-corrected chi connectivity index (χ3v) is 7.18. The lowest BCUT2D eigenvalue weighted by molar-refractivity contribution is -0.140. The van der Waals surface area contributed by atoms with Gasteiger partial charge in [-0.15, -0.1) is 0 Å². The van der Waals surface area contributed by atoms with Gasteiger partial charge in [-0.2, -0.15) is 0 Å². The van der Waals surface area contributed by atoms with Gasteiger partial charge in [0.2, 0.25) is 5.91 Å². The predicted molar refractivity (Wildman–Crippen MR) is 127 cm³/mol. The SMILES string of the molecule is CCC(=O)N1CC2(C1)CN(Cc1cccc(OC)c1)[C@H](CO)c1[nH]c3cc(OC)ccc3c12. The molecule has 1 saturated heterocycles. The second kappa shape index (κ2) is 8.39. The summed E-state index contributed by atoms with van der Waals surface area (Å²) < 4.78 is 10.9. The summed E-state index contributed by atoms with van der Waals surface area (Å²) in [6.07, 6.45) is 0.515. The van der Waals surface area contributed by atoms with Gasteiger partial charge in [0.15, 0.2) is 0 Å². The highest BCUT2D eigenvalue weighted by atomic mass is 16.5. The number of hydrogen-bond donors (Lipinski definition) is 2. The van der Waals surface area contributed by atoms with Crippen molar-refractivity contribution in [1.82, 2.24) is 14.8 Å². The Bertz CT molecular complexity index is 1180. The fourth-order valence-electron chi connectivity index (χ4n) is 5.63. The van der Waals surface area contributed by atoms with Crippen molar-refractivity contribution in [2.45, 2.75) is 31.3 Å². The van der Waals surface area contributed by atoms with E-state index in [1.165, 1.54) is 5.56 Å². The standard InChI is InChI=1S/C26H31N3O4/c1-4-23(31)29-15-26(16-29)14-28(12-17-6-5-7-18(10-17)32-2)22(13-30)25-24(26)20-9-8-19(33-3)11-21(20)27-25/h5-11,22,27,30H,4,12-16H2,1-3H3/t22-/m1/s1. The average molecular weight is 450 g/mol. The van der Waals surface area contributed by atoms with Crippen LogP contribution in [0.25, 0.3) is 10.9 Å². The van der Waals surface area contributed by atoms with E-state index in [0.717, 1.165) is 40.2 Å². The Morgan fingerprint density at radius 2 is 1.88 bits per heavy atom. The van der Waals surface area contributed by atoms with E-state index in [1.807, 2.05) is 42.2 Å². The second-order valence-electron chi connectivity index (χ2n) is 9.16. The lowest BCUT2D eigenvalue weighted by Crippen LogP contribution is -2.67. The molecule has 0 aliphatic carbocycles. The summed E-state index contributed by atoms with van der Waals surface area (Å²) in [6.45, 7) is 4.76. The highest BCUT2D eigenvalue weighted by Crippen LogP contribution is 2.49. The molecule has 3 aromatic rings. The number of hydrogen-bond acceptors (Lipinski definition) is 5. The quantitative estimate of drug-likeness (QED) is 0.604. The molecule has 0 unspecified atom stereocenters. The number of H-pyrrole nitrogens is 1. The topological polar surface area (TPSA) is 78.0 Å². The molecule has 0 bridgehead atoms. The summed E-state index contributed by atoms with van der Waals surface area (Å²) in [5.41, 5.74) is 4.24. The number of aliphatic hydroxyl groups excluding tert-OH is 1. The predicted octanol–water partition coefficient (Wildman–Crippen LogP) is 3.22. The maximum atomic E-state index is 12.4. The number of carbonyl (C=O) groups is 1. The summed E-state index contributed by atoms with van der Waals surface area (Å²) in [4.78, 5) is 20.3. The van der Waals surface area contributed by atoms with Crippen LogP contribution < -0.4 is 9.47 Å². The van der Waals surface area contributed by atoms with Crippen LogP contribution in [-0.4, -0.2) is 66.3 Å². The number of nitrogens with zero attached hydrogens (tertiary/aromatic N) is 2. The highest BCUT2D eigenvalue weighted by Gasteiger charge is 2.53. The lowest BCUT2D eigenvalue weighted by atomic mass is 9.68. The second-order valence-corrected chi connectivity index (χ2v) is 9.16. The zero-order chi connectivity index (χ0) is 23.2. The van der Waals surface area contributed by atoms with Crippen LogP contribution in [0.3, 0.4) is 0 Å². The molecule has 2 aliphatic rings. The third-order valence-electron chi connectivity index (χ3n) is 7.18. The zero-order valence-electron chi connectivity index (χ0n) is 19.4. The number of nitrogens with one attached hydrogen (secondary N) is 1. The first kappa shape index (κ1) is 21.8. The Labute approximate surface area is 193 Å². The molecule has 5 rings (SSSR count). The van der Waals surface area contributed by atoms with Crippen molar-refractivity contribution in [2.24, 2.45) is 0 Å². The molecular weight excluding hydrogens is 418 g/mol. The number of likely N-dealkylation sites (tertiary alicyclic amines) is 1. The number of aromatic amines is 1. The van der Waals surface area contributed by atoms with Gasteiger partial charge in [-0.05, 0) is 35.4 Å². The van der Waals surface area contributed by atoms with Crippen LogP contribution in [0.4, 0.5) is 0 Å². The minimum Gasteiger partial charge on any atom is -0.497 e. The minimum absolute atomic E-state index is 0.00854. The monoisotopic (exact) mass is 449 g/mol. The van der Waals surface area contributed by atoms with E-state index in [1.54, 1.807) is 14.2 Å². The molecular formula is C26H31N3O4. The molecule has 7 heteroatoms. The molecule has 174 valence electrons. The maximum Gasteiger partial charge on any atom is 0.222 e. The first-order chi connectivity index (χ1) is 16.0. The molecule has 2 aliphatic heterocycles. The molecule has 7 nitrogen and oxygen atoms in total. The van der Waals surface area contributed by atoms with Crippen molar-refractivity contribution >= 4 is 16.8 Å². The first-order valence-corrected chi connectivity index (χ1v) is 11.5. The Hall–Kier alpha value is -3.03. The Morgan fingerprint density at radius 3 is 2.58 bits per heavy atom. The number of methoxy groups -OCH3 is 2. The van der Waals surface area contributed by atoms with Crippen molar-refractivity contribution in [3.05, 3.63) is 59.3 Å². The summed E-state index contributed by atoms with van der Waals surface area (Å²) in [7, 11) is 3.34. The number of ether oxygens (including phenoxy) is 2. The molecule has 2 aromatic carbocycles. The lowest BCUT2D eigenvalue weighted by Gasteiger charge is -2.56. The Morgan fingerprint density at radius 1 is 1.12 bits per heavy atom. The highest BCUT2D eigenvalue weighted by molar-refractivity contribution is 5.89. The molecule has 33 heavy (non-hydrogen) atoms. The summed E-state index contributed by atoms with van der Waals surface area (Å²) >= 11 is 0. The van der Waals surface area contributed by atoms with Gasteiger partial charge >= 0.3 is 0 Å². The fraction of sp³-hybridized carbons (Fsp3) is 0.423. The van der Waals surface area contributed by atoms with Gasteiger partial charge in [0.1, 0.15) is 11.5 Å². The molecule has 3 heterocycles. The van der Waals surface area contributed by atoms with Crippen LogP contribution in [0, 0.1) is 0 Å². The van der Waals surface area contributed by atoms with Gasteiger partial charge in [-0.3, -0.25) is 9.69 Å². The van der Waals surface area contributed by atoms with E-state index in [-0.39, 0.29) is 24.0 Å². The van der Waals surface area contributed by atoms with Crippen LogP contribution in [0.15, 0.2) is 42.5 Å². The van der Waals surface area contributed by atoms with Crippen LogP contribution in [0.1, 0.15) is 36.2 Å². The largest absolute Gasteiger partial charge is 0.497 e. The summed E-state index contributed by atoms with van der Waals surface area (Å²) in [5.74, 6) is 1.80. The molecule has 0 radical (unpaired) electrons. The van der Waals surface area contributed by atoms with Gasteiger partial charge in [0, 0.05) is 60.7 Å². The number of aromatic nitrogens is 1. The number of carbonyl (C=O) groups excluding carboxylic acids is 1. The van der Waals surface area contributed by atoms with Crippen molar-refractivity contribution < 1.29 is 19.4 Å². The third kappa shape index (κ3) is 3.56. The van der Waals surface area contributed by atoms with Crippen molar-refractivity contribution in [1.29, 1.82) is 0 Å². The van der Waals surface area contributed by atoms with Gasteiger partial charge < -0.3 is 24.5 Å². The van der Waals surface area contributed by atoms with Gasteiger partial charge in [-0.25, -0.2) is 0 Å². The average Bonchev–Trinajstić information content (AvgIpc) is 3.20. The van der Waals surface area contributed by atoms with E-state index in [2.05, 4.69) is 22.0 Å². The number of rotatable bonds is 6. The Balaban J connectivity index is 1.58. The van der Waals surface area contributed by atoms with Crippen molar-refractivity contribution in [3.8, 4) is 11.5 Å². The molecule has 1 fully saturated rings. The normalized spacial score (nSPS) is 19.4. The summed E-state index contributed by atoms with van der Waals surface area (Å²) in [6, 6.07) is 14.0. The number of amides is 1. The fourth-order valence-corrected chi connectivity index (χ4v) is 5.63. The van der Waals surface area contributed by atoms with E-state index in [0.29, 0.717) is 26.1 Å². The summed E-state index contributed by atoms with van der Waals surface area (Å²) in [5, 5.41) is 11.6. The van der Waals surface area contributed by atoms with Crippen molar-refractivity contribution in [3.63, 3.8) is 0 Å². The van der Waals surface area contributed by atoms with E-state index in [4.69, 9.17) is 9.47 Å². The van der Waals surface area contributed by atoms with Gasteiger partial charge in [0.25, 0.3) is 0 Å². The van der Waals surface area contributed by atoms with Gasteiger partial charge in [0.05, 0.1) is 26.9 Å². The smallest absolute Gasteiger partial charge is 0.222 e. The van der Waals surface area contributed by atoms with Crippen molar-refractivity contribution in [2.75, 3.05) is 40.5 Å². The molecule has 0 saturated carbocycles. The van der Waals surface area contributed by atoms with E-state index >= 15 is 0 Å². The van der Waals surface area contributed by atoms with E-state index < -0.39 is 0 Å². The molecule has 1 atom stereocenters. The van der Waals surface area contributed by atoms with Crippen LogP contribution >= 0.6 is 0 Å². The van der Waals surface area contributed by atoms with Gasteiger partial charge in [-0.1, -0.05) is 19.1 Å². The molecule has 1 amide bonds. The Kier molecular flexibility index (Phi) is 5.54. The number of fused-ring (bicyclic) bond motifs is 4. The first-order valence-electron chi connectivity index (χ1n) is 11.5. The minimum atomic E-state index is -0.169. The molecule has 2 N–H and O–H groups in total. The number of benzene rings is 2. The van der Waals surface area contributed by atoms with Crippen LogP contribution in [-0.2, 0) is 16.8 Å². The molecule has 1 spiro atoms. The number of aliphatic hydroxyl groups is 1. The maximum absolute atomic E-state index is 12.4.